The Balaban J connectivity index is 1.58. The molecule has 0 saturated carbocycles. The molecule has 8 heteroatoms. The van der Waals surface area contributed by atoms with Crippen molar-refractivity contribution in [3.8, 4) is 17.2 Å². The maximum absolute atomic E-state index is 12.6. The van der Waals surface area contributed by atoms with E-state index in [1.165, 1.54) is 6.42 Å². The number of nitrogens with zero attached hydrogens (tertiary/aromatic N) is 1. The van der Waals surface area contributed by atoms with Gasteiger partial charge in [-0.2, -0.15) is 0 Å². The predicted molar refractivity (Wildman–Crippen MR) is 125 cm³/mol. The van der Waals surface area contributed by atoms with Gasteiger partial charge in [0.15, 0.2) is 16.6 Å². The van der Waals surface area contributed by atoms with Gasteiger partial charge in [0.05, 0.1) is 21.3 Å². The Morgan fingerprint density at radius 3 is 2.23 bits per heavy atom. The first-order chi connectivity index (χ1) is 15.1. The Labute approximate surface area is 188 Å². The van der Waals surface area contributed by atoms with E-state index in [1.54, 1.807) is 21.3 Å². The van der Waals surface area contributed by atoms with Crippen molar-refractivity contribution >= 4 is 28.9 Å². The zero-order chi connectivity index (χ0) is 22.2. The van der Waals surface area contributed by atoms with Crippen LogP contribution < -0.4 is 24.8 Å². The van der Waals surface area contributed by atoms with Crippen LogP contribution in [-0.2, 0) is 6.54 Å². The summed E-state index contributed by atoms with van der Waals surface area (Å²) in [5.41, 5.74) is 2.39. The molecule has 3 rings (SSSR count). The molecular weight excluding hydrogens is 414 g/mol. The van der Waals surface area contributed by atoms with E-state index in [1.807, 2.05) is 41.3 Å². The summed E-state index contributed by atoms with van der Waals surface area (Å²) < 4.78 is 16.2. The van der Waals surface area contributed by atoms with Crippen LogP contribution in [0.25, 0.3) is 0 Å². The molecule has 166 valence electrons. The number of anilines is 1. The van der Waals surface area contributed by atoms with Crippen LogP contribution in [0.15, 0.2) is 36.4 Å². The van der Waals surface area contributed by atoms with Gasteiger partial charge in [-0.25, -0.2) is 0 Å². The van der Waals surface area contributed by atoms with E-state index in [0.717, 1.165) is 37.2 Å². The lowest BCUT2D eigenvalue weighted by Gasteiger charge is -2.26. The second kappa shape index (κ2) is 10.9. The molecule has 0 unspecified atom stereocenters. The maximum Gasteiger partial charge on any atom is 0.253 e. The maximum atomic E-state index is 12.6. The van der Waals surface area contributed by atoms with Gasteiger partial charge in [0.1, 0.15) is 0 Å². The van der Waals surface area contributed by atoms with Crippen LogP contribution in [0, 0.1) is 0 Å². The first-order valence-electron chi connectivity index (χ1n) is 10.3. The molecule has 0 radical (unpaired) electrons. The Hall–Kier alpha value is -3.00. The lowest BCUT2D eigenvalue weighted by molar-refractivity contribution is 0.0724. The number of nitrogens with one attached hydrogen (secondary N) is 2. The summed E-state index contributed by atoms with van der Waals surface area (Å²) in [6, 6.07) is 11.1. The standard InChI is InChI=1S/C23H29N3O4S/c1-28-19-12-9-17(20(29-2)21(19)30-3)15-24-23(31)25-18-10-7-16(8-11-18)22(27)26-13-5-4-6-14-26/h7-12H,4-6,13-15H2,1-3H3,(H2,24,25,31). The van der Waals surface area contributed by atoms with Crippen molar-refractivity contribution in [2.45, 2.75) is 25.8 Å². The normalized spacial score (nSPS) is 13.3. The van der Waals surface area contributed by atoms with Crippen LogP contribution in [0.2, 0.25) is 0 Å². The van der Waals surface area contributed by atoms with E-state index in [2.05, 4.69) is 10.6 Å². The molecule has 1 saturated heterocycles. The smallest absolute Gasteiger partial charge is 0.253 e. The van der Waals surface area contributed by atoms with Gasteiger partial charge < -0.3 is 29.7 Å². The zero-order valence-corrected chi connectivity index (χ0v) is 19.0. The van der Waals surface area contributed by atoms with E-state index in [4.69, 9.17) is 26.4 Å². The van der Waals surface area contributed by atoms with E-state index in [0.29, 0.717) is 34.5 Å². The minimum Gasteiger partial charge on any atom is -0.493 e. The lowest BCUT2D eigenvalue weighted by Crippen LogP contribution is -2.35. The minimum absolute atomic E-state index is 0.0903. The molecular formula is C23H29N3O4S. The fourth-order valence-corrected chi connectivity index (χ4v) is 3.82. The molecule has 1 aliphatic heterocycles. The highest BCUT2D eigenvalue weighted by Gasteiger charge is 2.18. The molecule has 7 nitrogen and oxygen atoms in total. The summed E-state index contributed by atoms with van der Waals surface area (Å²) in [5.74, 6) is 1.82. The van der Waals surface area contributed by atoms with Crippen LogP contribution >= 0.6 is 12.2 Å². The molecule has 1 fully saturated rings. The predicted octanol–water partition coefficient (Wildman–Crippen LogP) is 3.83. The molecule has 31 heavy (non-hydrogen) atoms. The number of rotatable bonds is 7. The molecule has 0 bridgehead atoms. The number of benzene rings is 2. The molecule has 1 amide bonds. The molecule has 0 aromatic heterocycles. The number of piperidine rings is 1. The number of carbonyl (C=O) groups excluding carboxylic acids is 1. The third kappa shape index (κ3) is 5.58. The summed E-state index contributed by atoms with van der Waals surface area (Å²) in [6.45, 7) is 2.12. The second-order valence-corrected chi connectivity index (χ2v) is 7.64. The average Bonchev–Trinajstić information content (AvgIpc) is 2.82. The van der Waals surface area contributed by atoms with Crippen molar-refractivity contribution in [3.63, 3.8) is 0 Å². The van der Waals surface area contributed by atoms with E-state index in [-0.39, 0.29) is 5.91 Å². The highest BCUT2D eigenvalue weighted by atomic mass is 32.1. The number of likely N-dealkylation sites (tertiary alicyclic amines) is 1. The number of thiocarbonyl (C=S) groups is 1. The Kier molecular flexibility index (Phi) is 7.94. The van der Waals surface area contributed by atoms with Gasteiger partial charge in [-0.1, -0.05) is 0 Å². The summed E-state index contributed by atoms with van der Waals surface area (Å²) in [7, 11) is 4.74. The van der Waals surface area contributed by atoms with Crippen molar-refractivity contribution in [3.05, 3.63) is 47.5 Å². The number of amides is 1. The summed E-state index contributed by atoms with van der Waals surface area (Å²) in [4.78, 5) is 14.5. The highest BCUT2D eigenvalue weighted by molar-refractivity contribution is 7.80. The number of methoxy groups -OCH3 is 3. The van der Waals surface area contributed by atoms with Gasteiger partial charge in [0, 0.05) is 36.4 Å². The number of hydrogen-bond acceptors (Lipinski definition) is 5. The Morgan fingerprint density at radius 2 is 1.61 bits per heavy atom. The van der Waals surface area contributed by atoms with Gasteiger partial charge in [-0.3, -0.25) is 4.79 Å². The number of hydrogen-bond donors (Lipinski definition) is 2. The first kappa shape index (κ1) is 22.7. The Morgan fingerprint density at radius 1 is 0.935 bits per heavy atom. The van der Waals surface area contributed by atoms with Crippen LogP contribution in [0.1, 0.15) is 35.2 Å². The van der Waals surface area contributed by atoms with Gasteiger partial charge in [-0.15, -0.1) is 0 Å². The molecule has 1 heterocycles. The first-order valence-corrected chi connectivity index (χ1v) is 10.7. The molecule has 2 aromatic carbocycles. The van der Waals surface area contributed by atoms with Crippen molar-refractivity contribution in [2.24, 2.45) is 0 Å². The Bertz CT molecular complexity index is 912. The molecule has 0 spiro atoms. The third-order valence-electron chi connectivity index (χ3n) is 5.26. The van der Waals surface area contributed by atoms with Gasteiger partial charge in [-0.05, 0) is 67.9 Å². The molecule has 0 aliphatic carbocycles. The molecule has 1 aliphatic rings. The van der Waals surface area contributed by atoms with Crippen LogP contribution in [0.5, 0.6) is 17.2 Å². The van der Waals surface area contributed by atoms with Gasteiger partial charge >= 0.3 is 0 Å². The van der Waals surface area contributed by atoms with E-state index < -0.39 is 0 Å². The summed E-state index contributed by atoms with van der Waals surface area (Å²) in [5, 5.41) is 6.78. The highest BCUT2D eigenvalue weighted by Crippen LogP contribution is 2.39. The average molecular weight is 444 g/mol. The fraction of sp³-hybridized carbons (Fsp3) is 0.391. The quantitative estimate of drug-likeness (QED) is 0.630. The minimum atomic E-state index is 0.0903. The molecule has 2 N–H and O–H groups in total. The number of carbonyl (C=O) groups is 1. The third-order valence-corrected chi connectivity index (χ3v) is 5.50. The molecule has 0 atom stereocenters. The van der Waals surface area contributed by atoms with Crippen molar-refractivity contribution in [2.75, 3.05) is 39.7 Å². The van der Waals surface area contributed by atoms with Crippen LogP contribution in [0.4, 0.5) is 5.69 Å². The van der Waals surface area contributed by atoms with Crippen LogP contribution in [-0.4, -0.2) is 50.3 Å². The van der Waals surface area contributed by atoms with Crippen molar-refractivity contribution in [1.82, 2.24) is 10.2 Å². The number of ether oxygens (including phenoxy) is 3. The summed E-state index contributed by atoms with van der Waals surface area (Å²) >= 11 is 5.42. The van der Waals surface area contributed by atoms with E-state index in [9.17, 15) is 4.79 Å². The van der Waals surface area contributed by atoms with Gasteiger partial charge in [0.25, 0.3) is 5.91 Å². The zero-order valence-electron chi connectivity index (χ0n) is 18.2. The van der Waals surface area contributed by atoms with Gasteiger partial charge in [0.2, 0.25) is 5.75 Å². The van der Waals surface area contributed by atoms with Crippen molar-refractivity contribution in [1.29, 1.82) is 0 Å². The lowest BCUT2D eigenvalue weighted by atomic mass is 10.1. The summed E-state index contributed by atoms with van der Waals surface area (Å²) in [6.07, 6.45) is 3.36. The second-order valence-electron chi connectivity index (χ2n) is 7.23. The van der Waals surface area contributed by atoms with Crippen molar-refractivity contribution < 1.29 is 19.0 Å². The fourth-order valence-electron chi connectivity index (χ4n) is 3.63. The monoisotopic (exact) mass is 443 g/mol. The van der Waals surface area contributed by atoms with E-state index >= 15 is 0 Å². The topological polar surface area (TPSA) is 72.1 Å². The SMILES string of the molecule is COc1ccc(CNC(=S)Nc2ccc(C(=O)N3CCCCC3)cc2)c(OC)c1OC. The molecule has 2 aromatic rings. The van der Waals surface area contributed by atoms with Crippen LogP contribution in [0.3, 0.4) is 0 Å². The largest absolute Gasteiger partial charge is 0.493 e.